The Kier molecular flexibility index (Phi) is 3.09. The van der Waals surface area contributed by atoms with E-state index in [4.69, 9.17) is 10.1 Å². The molecule has 0 fully saturated rings. The van der Waals surface area contributed by atoms with Gasteiger partial charge in [-0.05, 0) is 37.9 Å². The van der Waals surface area contributed by atoms with Crippen LogP contribution in [-0.4, -0.2) is 13.0 Å². The average molecular weight is 299 g/mol. The van der Waals surface area contributed by atoms with Crippen LogP contribution in [0.3, 0.4) is 0 Å². The van der Waals surface area contributed by atoms with Gasteiger partial charge in [0.15, 0.2) is 0 Å². The SMILES string of the molecule is COC(=N)c1cc(Br)c(Br)s1. The molecule has 1 aromatic rings. The molecule has 11 heavy (non-hydrogen) atoms. The van der Waals surface area contributed by atoms with E-state index in [1.807, 2.05) is 6.07 Å². The van der Waals surface area contributed by atoms with E-state index < -0.39 is 0 Å². The van der Waals surface area contributed by atoms with Crippen molar-refractivity contribution in [1.82, 2.24) is 0 Å². The highest BCUT2D eigenvalue weighted by Gasteiger charge is 2.08. The van der Waals surface area contributed by atoms with Gasteiger partial charge in [-0.1, -0.05) is 0 Å². The summed E-state index contributed by atoms with van der Waals surface area (Å²) in [7, 11) is 1.49. The van der Waals surface area contributed by atoms with Crippen LogP contribution in [0.1, 0.15) is 4.88 Å². The van der Waals surface area contributed by atoms with Crippen LogP contribution >= 0.6 is 43.2 Å². The zero-order valence-electron chi connectivity index (χ0n) is 5.65. The third-order valence-corrected chi connectivity index (χ3v) is 4.33. The van der Waals surface area contributed by atoms with Crippen molar-refractivity contribution in [2.45, 2.75) is 0 Å². The van der Waals surface area contributed by atoms with E-state index in [-0.39, 0.29) is 5.90 Å². The van der Waals surface area contributed by atoms with Gasteiger partial charge in [0.25, 0.3) is 0 Å². The summed E-state index contributed by atoms with van der Waals surface area (Å²) in [6.07, 6.45) is 0. The van der Waals surface area contributed by atoms with E-state index in [0.717, 1.165) is 13.1 Å². The molecule has 0 spiro atoms. The molecule has 5 heteroatoms. The summed E-state index contributed by atoms with van der Waals surface area (Å²) in [5.41, 5.74) is 0. The van der Waals surface area contributed by atoms with Gasteiger partial charge in [0.2, 0.25) is 5.90 Å². The lowest BCUT2D eigenvalue weighted by atomic mass is 10.5. The summed E-state index contributed by atoms with van der Waals surface area (Å²) in [4.78, 5) is 0.811. The van der Waals surface area contributed by atoms with Gasteiger partial charge in [-0.2, -0.15) is 0 Å². The van der Waals surface area contributed by atoms with Crippen molar-refractivity contribution in [1.29, 1.82) is 5.41 Å². The predicted molar refractivity (Wildman–Crippen MR) is 53.6 cm³/mol. The Morgan fingerprint density at radius 3 is 2.64 bits per heavy atom. The molecule has 0 amide bonds. The van der Waals surface area contributed by atoms with Crippen LogP contribution in [0.25, 0.3) is 0 Å². The lowest BCUT2D eigenvalue weighted by molar-refractivity contribution is 0.402. The van der Waals surface area contributed by atoms with E-state index in [1.54, 1.807) is 0 Å². The number of thiophene rings is 1. The van der Waals surface area contributed by atoms with Gasteiger partial charge in [-0.25, -0.2) is 0 Å². The minimum absolute atomic E-state index is 0.196. The minimum atomic E-state index is 0.196. The van der Waals surface area contributed by atoms with Crippen molar-refractivity contribution in [3.05, 3.63) is 19.2 Å². The summed E-state index contributed by atoms with van der Waals surface area (Å²) in [6.45, 7) is 0. The summed E-state index contributed by atoms with van der Waals surface area (Å²) >= 11 is 8.13. The lowest BCUT2D eigenvalue weighted by Crippen LogP contribution is -1.96. The number of hydrogen-bond donors (Lipinski definition) is 1. The number of ether oxygens (including phenoxy) is 1. The normalized spacial score (nSPS) is 9.73. The van der Waals surface area contributed by atoms with Crippen molar-refractivity contribution in [2.75, 3.05) is 7.11 Å². The summed E-state index contributed by atoms with van der Waals surface area (Å²) in [6, 6.07) is 1.85. The van der Waals surface area contributed by atoms with Gasteiger partial charge >= 0.3 is 0 Å². The van der Waals surface area contributed by atoms with Gasteiger partial charge < -0.3 is 4.74 Å². The fraction of sp³-hybridized carbons (Fsp3) is 0.167. The second-order valence-corrected chi connectivity index (χ2v) is 4.99. The van der Waals surface area contributed by atoms with Crippen molar-refractivity contribution < 1.29 is 4.74 Å². The van der Waals surface area contributed by atoms with Crippen molar-refractivity contribution in [3.63, 3.8) is 0 Å². The Morgan fingerprint density at radius 1 is 1.64 bits per heavy atom. The fourth-order valence-corrected chi connectivity index (χ4v) is 2.52. The Bertz CT molecular complexity index is 265. The van der Waals surface area contributed by atoms with Crippen LogP contribution in [0.4, 0.5) is 0 Å². The first-order chi connectivity index (χ1) is 5.15. The van der Waals surface area contributed by atoms with E-state index >= 15 is 0 Å². The van der Waals surface area contributed by atoms with Gasteiger partial charge in [0.05, 0.1) is 15.8 Å². The summed E-state index contributed by atoms with van der Waals surface area (Å²) < 4.78 is 6.70. The van der Waals surface area contributed by atoms with Crippen LogP contribution in [0.15, 0.2) is 14.3 Å². The number of methoxy groups -OCH3 is 1. The van der Waals surface area contributed by atoms with E-state index in [0.29, 0.717) is 0 Å². The van der Waals surface area contributed by atoms with Gasteiger partial charge in [-0.15, -0.1) is 11.3 Å². The van der Waals surface area contributed by atoms with E-state index in [2.05, 4.69) is 31.9 Å². The molecule has 0 bridgehead atoms. The Morgan fingerprint density at radius 2 is 2.27 bits per heavy atom. The highest BCUT2D eigenvalue weighted by Crippen LogP contribution is 2.32. The predicted octanol–water partition coefficient (Wildman–Crippen LogP) is 3.24. The van der Waals surface area contributed by atoms with Gasteiger partial charge in [-0.3, -0.25) is 5.41 Å². The number of nitrogens with one attached hydrogen (secondary N) is 1. The zero-order valence-corrected chi connectivity index (χ0v) is 9.64. The van der Waals surface area contributed by atoms with Gasteiger partial charge in [0.1, 0.15) is 0 Å². The molecular weight excluding hydrogens is 294 g/mol. The lowest BCUT2D eigenvalue weighted by Gasteiger charge is -1.94. The number of halogens is 2. The molecule has 60 valence electrons. The van der Waals surface area contributed by atoms with Crippen LogP contribution in [0.5, 0.6) is 0 Å². The highest BCUT2D eigenvalue weighted by molar-refractivity contribution is 9.13. The molecule has 1 heterocycles. The Labute approximate surface area is 85.3 Å². The quantitative estimate of drug-likeness (QED) is 0.626. The molecule has 0 aromatic carbocycles. The average Bonchev–Trinajstić information content (AvgIpc) is 2.31. The molecule has 1 N–H and O–H groups in total. The maximum atomic E-state index is 7.33. The summed E-state index contributed by atoms with van der Waals surface area (Å²) in [5, 5.41) is 7.33. The van der Waals surface area contributed by atoms with E-state index in [9.17, 15) is 0 Å². The molecule has 0 aliphatic rings. The molecule has 1 rings (SSSR count). The van der Waals surface area contributed by atoms with Crippen molar-refractivity contribution in [2.24, 2.45) is 0 Å². The standard InChI is InChI=1S/C6H5Br2NOS/c1-10-6(9)4-2-3(7)5(8)11-4/h2,9H,1H3. The molecule has 0 saturated carbocycles. The largest absolute Gasteiger partial charge is 0.480 e. The molecule has 0 unspecified atom stereocenters. The second-order valence-electron chi connectivity index (χ2n) is 1.77. The van der Waals surface area contributed by atoms with Crippen molar-refractivity contribution >= 4 is 49.1 Å². The third kappa shape index (κ3) is 2.04. The first-order valence-corrected chi connectivity index (χ1v) is 5.13. The smallest absolute Gasteiger partial charge is 0.223 e. The first-order valence-electron chi connectivity index (χ1n) is 2.73. The Hall–Kier alpha value is 0.130. The molecule has 0 aliphatic heterocycles. The first kappa shape index (κ1) is 9.22. The van der Waals surface area contributed by atoms with Gasteiger partial charge in [0, 0.05) is 4.47 Å². The molecule has 1 aromatic heterocycles. The molecule has 0 saturated heterocycles. The Balaban J connectivity index is 2.97. The topological polar surface area (TPSA) is 33.1 Å². The third-order valence-electron chi connectivity index (χ3n) is 1.07. The highest BCUT2D eigenvalue weighted by atomic mass is 79.9. The second kappa shape index (κ2) is 3.69. The molecule has 2 nitrogen and oxygen atoms in total. The summed E-state index contributed by atoms with van der Waals surface area (Å²) in [5.74, 6) is 0.196. The maximum absolute atomic E-state index is 7.33. The molecule has 0 radical (unpaired) electrons. The van der Waals surface area contributed by atoms with Crippen LogP contribution in [0, 0.1) is 5.41 Å². The number of rotatable bonds is 1. The zero-order chi connectivity index (χ0) is 8.43. The molecular formula is C6H5Br2NOS. The minimum Gasteiger partial charge on any atom is -0.480 e. The van der Waals surface area contributed by atoms with Crippen LogP contribution in [0.2, 0.25) is 0 Å². The molecule has 0 atom stereocenters. The fourth-order valence-electron chi connectivity index (χ4n) is 0.559. The number of hydrogen-bond acceptors (Lipinski definition) is 3. The monoisotopic (exact) mass is 297 g/mol. The van der Waals surface area contributed by atoms with E-state index in [1.165, 1.54) is 18.4 Å². The molecule has 0 aliphatic carbocycles. The van der Waals surface area contributed by atoms with Crippen molar-refractivity contribution in [3.8, 4) is 0 Å². The van der Waals surface area contributed by atoms with Crippen LogP contribution < -0.4 is 0 Å². The van der Waals surface area contributed by atoms with Crippen LogP contribution in [-0.2, 0) is 4.74 Å². The maximum Gasteiger partial charge on any atom is 0.223 e.